The lowest BCUT2D eigenvalue weighted by Crippen LogP contribution is -2.34. The van der Waals surface area contributed by atoms with Gasteiger partial charge in [-0.05, 0) is 43.0 Å². The van der Waals surface area contributed by atoms with Gasteiger partial charge >= 0.3 is 0 Å². The SMILES string of the molecule is CCNC(c1cc(Br)ccc1OC)C1(C)CCCC1. The van der Waals surface area contributed by atoms with Gasteiger partial charge in [0.25, 0.3) is 0 Å². The van der Waals surface area contributed by atoms with Crippen molar-refractivity contribution in [1.82, 2.24) is 5.32 Å². The largest absolute Gasteiger partial charge is 0.496 e. The molecule has 0 heterocycles. The Balaban J connectivity index is 2.40. The normalized spacial score (nSPS) is 19.4. The highest BCUT2D eigenvalue weighted by Gasteiger charge is 2.38. The molecule has 1 aliphatic rings. The molecule has 0 radical (unpaired) electrons. The van der Waals surface area contributed by atoms with Crippen molar-refractivity contribution in [2.24, 2.45) is 5.41 Å². The van der Waals surface area contributed by atoms with E-state index in [0.717, 1.165) is 16.8 Å². The Bertz CT molecular complexity index is 427. The minimum absolute atomic E-state index is 0.337. The molecule has 2 nitrogen and oxygen atoms in total. The van der Waals surface area contributed by atoms with Crippen molar-refractivity contribution < 1.29 is 4.74 Å². The summed E-state index contributed by atoms with van der Waals surface area (Å²) in [6.45, 7) is 5.57. The summed E-state index contributed by atoms with van der Waals surface area (Å²) >= 11 is 3.59. The number of halogens is 1. The maximum absolute atomic E-state index is 5.57. The first-order valence-corrected chi connectivity index (χ1v) is 7.97. The van der Waals surface area contributed by atoms with Gasteiger partial charge in [0.05, 0.1) is 7.11 Å². The fraction of sp³-hybridized carbons (Fsp3) is 0.625. The molecule has 0 aliphatic heterocycles. The Labute approximate surface area is 125 Å². The Kier molecular flexibility index (Phi) is 4.91. The molecule has 1 N–H and O–H groups in total. The fourth-order valence-corrected chi connectivity index (χ4v) is 3.72. The molecule has 1 aromatic rings. The molecule has 3 heteroatoms. The maximum Gasteiger partial charge on any atom is 0.123 e. The van der Waals surface area contributed by atoms with Crippen LogP contribution in [0.1, 0.15) is 51.1 Å². The van der Waals surface area contributed by atoms with E-state index >= 15 is 0 Å². The number of rotatable bonds is 5. The van der Waals surface area contributed by atoms with E-state index in [1.54, 1.807) is 7.11 Å². The lowest BCUT2D eigenvalue weighted by Gasteiger charge is -2.36. The van der Waals surface area contributed by atoms with Gasteiger partial charge in [0.15, 0.2) is 0 Å². The third kappa shape index (κ3) is 3.14. The van der Waals surface area contributed by atoms with E-state index in [4.69, 9.17) is 4.74 Å². The molecule has 0 bridgehead atoms. The van der Waals surface area contributed by atoms with E-state index in [1.807, 2.05) is 6.07 Å². The summed E-state index contributed by atoms with van der Waals surface area (Å²) in [4.78, 5) is 0. The molecular weight excluding hydrogens is 302 g/mol. The molecule has 0 spiro atoms. The first-order chi connectivity index (χ1) is 9.10. The zero-order chi connectivity index (χ0) is 13.9. The van der Waals surface area contributed by atoms with Gasteiger partial charge in [0, 0.05) is 16.1 Å². The van der Waals surface area contributed by atoms with Crippen molar-refractivity contribution in [3.8, 4) is 5.75 Å². The fourth-order valence-electron chi connectivity index (χ4n) is 3.34. The Hall–Kier alpha value is -0.540. The second kappa shape index (κ2) is 6.27. The van der Waals surface area contributed by atoms with E-state index in [-0.39, 0.29) is 0 Å². The monoisotopic (exact) mass is 325 g/mol. The number of hydrogen-bond acceptors (Lipinski definition) is 2. The highest BCUT2D eigenvalue weighted by atomic mass is 79.9. The molecule has 1 aromatic carbocycles. The van der Waals surface area contributed by atoms with Crippen LogP contribution in [0.15, 0.2) is 22.7 Å². The van der Waals surface area contributed by atoms with Gasteiger partial charge in [-0.25, -0.2) is 0 Å². The van der Waals surface area contributed by atoms with Crippen LogP contribution in [0.4, 0.5) is 0 Å². The molecule has 0 saturated heterocycles. The van der Waals surface area contributed by atoms with Gasteiger partial charge in [0.2, 0.25) is 0 Å². The smallest absolute Gasteiger partial charge is 0.123 e. The second-order valence-corrected chi connectivity index (χ2v) is 6.65. The van der Waals surface area contributed by atoms with Crippen molar-refractivity contribution in [2.45, 2.75) is 45.6 Å². The average molecular weight is 326 g/mol. The Morgan fingerprint density at radius 1 is 1.37 bits per heavy atom. The maximum atomic E-state index is 5.57. The van der Waals surface area contributed by atoms with Crippen LogP contribution in [0.5, 0.6) is 5.75 Å². The average Bonchev–Trinajstić information content (AvgIpc) is 2.83. The summed E-state index contributed by atoms with van der Waals surface area (Å²) in [6.07, 6.45) is 5.27. The molecule has 0 aromatic heterocycles. The van der Waals surface area contributed by atoms with E-state index < -0.39 is 0 Å². The third-order valence-corrected chi connectivity index (χ3v) is 4.85. The lowest BCUT2D eigenvalue weighted by atomic mass is 9.77. The van der Waals surface area contributed by atoms with Gasteiger partial charge in [-0.3, -0.25) is 0 Å². The van der Waals surface area contributed by atoms with Gasteiger partial charge in [-0.15, -0.1) is 0 Å². The minimum Gasteiger partial charge on any atom is -0.496 e. The summed E-state index contributed by atoms with van der Waals surface area (Å²) < 4.78 is 6.69. The van der Waals surface area contributed by atoms with Gasteiger partial charge in [-0.2, -0.15) is 0 Å². The Morgan fingerprint density at radius 2 is 2.05 bits per heavy atom. The number of ether oxygens (including phenoxy) is 1. The highest BCUT2D eigenvalue weighted by Crippen LogP contribution is 2.49. The number of benzene rings is 1. The summed E-state index contributed by atoms with van der Waals surface area (Å²) in [6, 6.07) is 6.67. The highest BCUT2D eigenvalue weighted by molar-refractivity contribution is 9.10. The van der Waals surface area contributed by atoms with Crippen LogP contribution >= 0.6 is 15.9 Å². The molecule has 2 rings (SSSR count). The molecule has 1 saturated carbocycles. The zero-order valence-electron chi connectivity index (χ0n) is 12.1. The topological polar surface area (TPSA) is 21.3 Å². The van der Waals surface area contributed by atoms with E-state index in [0.29, 0.717) is 11.5 Å². The van der Waals surface area contributed by atoms with E-state index in [2.05, 4.69) is 47.2 Å². The first kappa shape index (κ1) is 14.9. The summed E-state index contributed by atoms with van der Waals surface area (Å²) in [7, 11) is 1.76. The molecule has 106 valence electrons. The second-order valence-electron chi connectivity index (χ2n) is 5.74. The van der Waals surface area contributed by atoms with E-state index in [9.17, 15) is 0 Å². The zero-order valence-corrected chi connectivity index (χ0v) is 13.7. The first-order valence-electron chi connectivity index (χ1n) is 7.17. The molecule has 19 heavy (non-hydrogen) atoms. The standard InChI is InChI=1S/C16H24BrNO/c1-4-18-15(16(2)9-5-6-10-16)13-11-12(17)7-8-14(13)19-3/h7-8,11,15,18H,4-6,9-10H2,1-3H3. The van der Waals surface area contributed by atoms with Crippen molar-refractivity contribution in [2.75, 3.05) is 13.7 Å². The molecule has 1 aliphatic carbocycles. The van der Waals surface area contributed by atoms with Crippen LogP contribution in [-0.4, -0.2) is 13.7 Å². The van der Waals surface area contributed by atoms with Crippen LogP contribution in [-0.2, 0) is 0 Å². The van der Waals surface area contributed by atoms with Gasteiger partial charge < -0.3 is 10.1 Å². The molecular formula is C16H24BrNO. The lowest BCUT2D eigenvalue weighted by molar-refractivity contribution is 0.221. The van der Waals surface area contributed by atoms with Crippen LogP contribution in [0, 0.1) is 5.41 Å². The van der Waals surface area contributed by atoms with Crippen molar-refractivity contribution in [3.63, 3.8) is 0 Å². The molecule has 1 atom stereocenters. The summed E-state index contributed by atoms with van der Waals surface area (Å²) in [5.41, 5.74) is 1.62. The van der Waals surface area contributed by atoms with Gasteiger partial charge in [0.1, 0.15) is 5.75 Å². The van der Waals surface area contributed by atoms with E-state index in [1.165, 1.54) is 31.2 Å². The summed E-state index contributed by atoms with van der Waals surface area (Å²) in [5.74, 6) is 0.988. The Morgan fingerprint density at radius 3 is 2.63 bits per heavy atom. The molecule has 0 amide bonds. The minimum atomic E-state index is 0.337. The number of hydrogen-bond donors (Lipinski definition) is 1. The predicted molar refractivity (Wildman–Crippen MR) is 83.7 cm³/mol. The van der Waals surface area contributed by atoms with Crippen LogP contribution in [0.3, 0.4) is 0 Å². The predicted octanol–water partition coefficient (Wildman–Crippen LogP) is 4.69. The quantitative estimate of drug-likeness (QED) is 0.848. The summed E-state index contributed by atoms with van der Waals surface area (Å²) in [5, 5.41) is 3.68. The van der Waals surface area contributed by atoms with Crippen molar-refractivity contribution >= 4 is 15.9 Å². The molecule has 1 unspecified atom stereocenters. The molecule has 1 fully saturated rings. The number of methoxy groups -OCH3 is 1. The van der Waals surface area contributed by atoms with Crippen LogP contribution in [0.2, 0.25) is 0 Å². The van der Waals surface area contributed by atoms with Crippen LogP contribution < -0.4 is 10.1 Å². The van der Waals surface area contributed by atoms with Crippen molar-refractivity contribution in [3.05, 3.63) is 28.2 Å². The third-order valence-electron chi connectivity index (χ3n) is 4.35. The number of nitrogens with one attached hydrogen (secondary N) is 1. The van der Waals surface area contributed by atoms with Gasteiger partial charge in [-0.1, -0.05) is 42.6 Å². The van der Waals surface area contributed by atoms with Crippen molar-refractivity contribution in [1.29, 1.82) is 0 Å². The van der Waals surface area contributed by atoms with Crippen LogP contribution in [0.25, 0.3) is 0 Å².